The first-order valence-electron chi connectivity index (χ1n) is 6.29. The van der Waals surface area contributed by atoms with E-state index in [2.05, 4.69) is 22.9 Å². The largest absolute Gasteiger partial charge is 0.364 e. The summed E-state index contributed by atoms with van der Waals surface area (Å²) in [5, 5.41) is 2.69. The fourth-order valence-electron chi connectivity index (χ4n) is 2.97. The molecule has 1 aromatic heterocycles. The molecule has 18 heavy (non-hydrogen) atoms. The summed E-state index contributed by atoms with van der Waals surface area (Å²) >= 11 is 1.52. The molecule has 0 bridgehead atoms. The molecular weight excluding hydrogens is 246 g/mol. The Kier molecular flexibility index (Phi) is 2.86. The number of allylic oxidation sites excluding steroid dienone is 2. The van der Waals surface area contributed by atoms with E-state index < -0.39 is 5.91 Å². The van der Waals surface area contributed by atoms with E-state index in [1.807, 2.05) is 0 Å². The summed E-state index contributed by atoms with van der Waals surface area (Å²) in [6, 6.07) is 0. The molecule has 96 valence electrons. The zero-order chi connectivity index (χ0) is 12.7. The highest BCUT2D eigenvalue weighted by atomic mass is 32.1. The van der Waals surface area contributed by atoms with E-state index in [0.29, 0.717) is 5.69 Å². The highest BCUT2D eigenvalue weighted by molar-refractivity contribution is 7.13. The van der Waals surface area contributed by atoms with Crippen LogP contribution < -0.4 is 10.6 Å². The number of nitrogens with two attached hydrogens (primary N) is 1. The van der Waals surface area contributed by atoms with Crippen LogP contribution in [0.3, 0.4) is 0 Å². The molecule has 0 saturated carbocycles. The Labute approximate surface area is 111 Å². The molecule has 2 aliphatic rings. The van der Waals surface area contributed by atoms with Crippen LogP contribution >= 0.6 is 11.3 Å². The van der Waals surface area contributed by atoms with E-state index in [9.17, 15) is 4.79 Å². The van der Waals surface area contributed by atoms with Crippen LogP contribution in [0.5, 0.6) is 0 Å². The molecule has 0 radical (unpaired) electrons. The second kappa shape index (κ2) is 4.39. The van der Waals surface area contributed by atoms with Gasteiger partial charge in [0.25, 0.3) is 5.91 Å². The predicted octanol–water partition coefficient (Wildman–Crippen LogP) is 2.03. The van der Waals surface area contributed by atoms with Gasteiger partial charge in [0.2, 0.25) is 0 Å². The maximum Gasteiger partial charge on any atom is 0.268 e. The van der Waals surface area contributed by atoms with Gasteiger partial charge in [-0.25, -0.2) is 4.98 Å². The third-order valence-corrected chi connectivity index (χ3v) is 4.85. The van der Waals surface area contributed by atoms with Gasteiger partial charge in [0.1, 0.15) is 5.69 Å². The number of primary amides is 1. The summed E-state index contributed by atoms with van der Waals surface area (Å²) in [5.74, 6) is 1.05. The van der Waals surface area contributed by atoms with Crippen molar-refractivity contribution in [1.29, 1.82) is 0 Å². The first-order valence-corrected chi connectivity index (χ1v) is 7.17. The maximum atomic E-state index is 11.1. The lowest BCUT2D eigenvalue weighted by Gasteiger charge is -2.21. The van der Waals surface area contributed by atoms with E-state index in [1.165, 1.54) is 29.8 Å². The molecule has 0 spiro atoms. The van der Waals surface area contributed by atoms with E-state index in [-0.39, 0.29) is 0 Å². The Bertz CT molecular complexity index is 508. The molecule has 2 N–H and O–H groups in total. The highest BCUT2D eigenvalue weighted by Gasteiger charge is 2.35. The standard InChI is InChI=1S/C13H17N3OS/c1-8-2-3-9-5-16(6-10(9)4-8)13-15-11(7-18-13)12(14)17/h2,7,9-10H,3-6H2,1H3,(H2,14,17)/t9-,10+/m1/s1. The lowest BCUT2D eigenvalue weighted by atomic mass is 9.83. The number of hydrogen-bond acceptors (Lipinski definition) is 4. The second-order valence-electron chi connectivity index (χ2n) is 5.30. The number of aromatic nitrogens is 1. The average molecular weight is 263 g/mol. The van der Waals surface area contributed by atoms with Gasteiger partial charge < -0.3 is 10.6 Å². The van der Waals surface area contributed by atoms with Crippen LogP contribution in [0.2, 0.25) is 0 Å². The van der Waals surface area contributed by atoms with Gasteiger partial charge in [0.15, 0.2) is 5.13 Å². The monoisotopic (exact) mass is 263 g/mol. The van der Waals surface area contributed by atoms with Crippen LogP contribution in [0.4, 0.5) is 5.13 Å². The minimum absolute atomic E-state index is 0.388. The van der Waals surface area contributed by atoms with Crippen molar-refractivity contribution in [3.63, 3.8) is 0 Å². The molecule has 1 aromatic rings. The van der Waals surface area contributed by atoms with Gasteiger partial charge in [-0.3, -0.25) is 4.79 Å². The van der Waals surface area contributed by atoms with Crippen LogP contribution in [-0.2, 0) is 0 Å². The Morgan fingerprint density at radius 2 is 2.28 bits per heavy atom. The summed E-state index contributed by atoms with van der Waals surface area (Å²) < 4.78 is 0. The topological polar surface area (TPSA) is 59.2 Å². The van der Waals surface area contributed by atoms with Crippen molar-refractivity contribution in [2.45, 2.75) is 19.8 Å². The van der Waals surface area contributed by atoms with Gasteiger partial charge in [-0.2, -0.15) is 0 Å². The number of anilines is 1. The van der Waals surface area contributed by atoms with Gasteiger partial charge in [0.05, 0.1) is 0 Å². The number of thiazole rings is 1. The Balaban J connectivity index is 1.74. The molecule has 1 amide bonds. The van der Waals surface area contributed by atoms with E-state index in [1.54, 1.807) is 5.38 Å². The molecular formula is C13H17N3OS. The normalized spacial score (nSPS) is 26.9. The Morgan fingerprint density at radius 3 is 3.00 bits per heavy atom. The number of carbonyl (C=O) groups excluding carboxylic acids is 1. The van der Waals surface area contributed by atoms with Gasteiger partial charge in [-0.15, -0.1) is 11.3 Å². The number of nitrogens with zero attached hydrogens (tertiary/aromatic N) is 2. The molecule has 2 atom stereocenters. The zero-order valence-corrected chi connectivity index (χ0v) is 11.2. The zero-order valence-electron chi connectivity index (χ0n) is 10.4. The molecule has 0 aromatic carbocycles. The lowest BCUT2D eigenvalue weighted by Crippen LogP contribution is -2.20. The van der Waals surface area contributed by atoms with Gasteiger partial charge in [-0.1, -0.05) is 11.6 Å². The Morgan fingerprint density at radius 1 is 1.50 bits per heavy atom. The SMILES string of the molecule is CC1=CC[C@@H]2CN(c3nc(C(N)=O)cs3)C[C@@H]2C1. The predicted molar refractivity (Wildman–Crippen MR) is 72.8 cm³/mol. The number of hydrogen-bond donors (Lipinski definition) is 1. The molecule has 2 heterocycles. The number of amides is 1. The quantitative estimate of drug-likeness (QED) is 0.831. The first-order chi connectivity index (χ1) is 8.63. The van der Waals surface area contributed by atoms with Gasteiger partial charge in [0, 0.05) is 18.5 Å². The van der Waals surface area contributed by atoms with Crippen molar-refractivity contribution in [3.05, 3.63) is 22.7 Å². The average Bonchev–Trinajstić information content (AvgIpc) is 2.93. The van der Waals surface area contributed by atoms with Crippen molar-refractivity contribution < 1.29 is 4.79 Å². The van der Waals surface area contributed by atoms with Crippen molar-refractivity contribution in [3.8, 4) is 0 Å². The number of carbonyl (C=O) groups is 1. The summed E-state index contributed by atoms with van der Waals surface area (Å²) in [6.45, 7) is 4.33. The fraction of sp³-hybridized carbons (Fsp3) is 0.538. The van der Waals surface area contributed by atoms with Crippen LogP contribution in [0.25, 0.3) is 0 Å². The molecule has 1 aliphatic carbocycles. The summed E-state index contributed by atoms with van der Waals surface area (Å²) in [7, 11) is 0. The van der Waals surface area contributed by atoms with Crippen molar-refractivity contribution >= 4 is 22.4 Å². The third kappa shape index (κ3) is 2.03. The number of rotatable bonds is 2. The van der Waals surface area contributed by atoms with Crippen molar-refractivity contribution in [2.24, 2.45) is 17.6 Å². The Hall–Kier alpha value is -1.36. The second-order valence-corrected chi connectivity index (χ2v) is 6.13. The van der Waals surface area contributed by atoms with Crippen LogP contribution in [0.1, 0.15) is 30.3 Å². The highest BCUT2D eigenvalue weighted by Crippen LogP contribution is 2.38. The van der Waals surface area contributed by atoms with Crippen LogP contribution in [0, 0.1) is 11.8 Å². The van der Waals surface area contributed by atoms with Gasteiger partial charge >= 0.3 is 0 Å². The van der Waals surface area contributed by atoms with Crippen LogP contribution in [0.15, 0.2) is 17.0 Å². The van der Waals surface area contributed by atoms with Crippen molar-refractivity contribution in [2.75, 3.05) is 18.0 Å². The molecule has 3 rings (SSSR count). The molecule has 1 fully saturated rings. The molecule has 5 heteroatoms. The lowest BCUT2D eigenvalue weighted by molar-refractivity contribution is 0.0996. The third-order valence-electron chi connectivity index (χ3n) is 3.94. The molecule has 1 saturated heterocycles. The maximum absolute atomic E-state index is 11.1. The van der Waals surface area contributed by atoms with Crippen molar-refractivity contribution in [1.82, 2.24) is 4.98 Å². The van der Waals surface area contributed by atoms with E-state index in [4.69, 9.17) is 5.73 Å². The minimum atomic E-state index is -0.438. The molecule has 4 nitrogen and oxygen atoms in total. The molecule has 1 aliphatic heterocycles. The van der Waals surface area contributed by atoms with Gasteiger partial charge in [-0.05, 0) is 31.6 Å². The molecule has 0 unspecified atom stereocenters. The first kappa shape index (κ1) is 11.7. The minimum Gasteiger partial charge on any atom is -0.364 e. The fourth-order valence-corrected chi connectivity index (χ4v) is 3.80. The smallest absolute Gasteiger partial charge is 0.268 e. The summed E-state index contributed by atoms with van der Waals surface area (Å²) in [5.41, 5.74) is 7.14. The summed E-state index contributed by atoms with van der Waals surface area (Å²) in [4.78, 5) is 17.7. The van der Waals surface area contributed by atoms with E-state index in [0.717, 1.165) is 30.1 Å². The van der Waals surface area contributed by atoms with E-state index >= 15 is 0 Å². The summed E-state index contributed by atoms with van der Waals surface area (Å²) in [6.07, 6.45) is 4.75. The van der Waals surface area contributed by atoms with Crippen LogP contribution in [-0.4, -0.2) is 24.0 Å². The number of fused-ring (bicyclic) bond motifs is 1.